The van der Waals surface area contributed by atoms with Crippen LogP contribution >= 0.6 is 31.9 Å². The summed E-state index contributed by atoms with van der Waals surface area (Å²) >= 11 is 6.68. The van der Waals surface area contributed by atoms with Gasteiger partial charge in [-0.3, -0.25) is 4.79 Å². The topological polar surface area (TPSA) is 58.6 Å². The SMILES string of the molecule is CC(C)NC(=O)COc1c(Br)cc(CO)cc1Br. The van der Waals surface area contributed by atoms with Gasteiger partial charge >= 0.3 is 0 Å². The number of carbonyl (C=O) groups is 1. The first-order valence-corrected chi connectivity index (χ1v) is 7.03. The molecule has 1 aromatic carbocycles. The molecule has 18 heavy (non-hydrogen) atoms. The molecule has 0 aromatic heterocycles. The predicted molar refractivity (Wildman–Crippen MR) is 76.5 cm³/mol. The minimum Gasteiger partial charge on any atom is -0.481 e. The Kier molecular flexibility index (Phi) is 6.11. The highest BCUT2D eigenvalue weighted by Gasteiger charge is 2.11. The minimum atomic E-state index is -0.171. The molecule has 0 bridgehead atoms. The Morgan fingerprint density at radius 1 is 1.39 bits per heavy atom. The number of hydrogen-bond donors (Lipinski definition) is 2. The predicted octanol–water partition coefficient (Wildman–Crippen LogP) is 2.61. The van der Waals surface area contributed by atoms with Crippen molar-refractivity contribution in [1.29, 1.82) is 0 Å². The van der Waals surface area contributed by atoms with Gasteiger partial charge in [-0.25, -0.2) is 0 Å². The van der Waals surface area contributed by atoms with E-state index in [4.69, 9.17) is 9.84 Å². The number of amides is 1. The normalized spacial score (nSPS) is 10.6. The van der Waals surface area contributed by atoms with Gasteiger partial charge < -0.3 is 15.2 Å². The molecule has 0 atom stereocenters. The molecule has 0 aliphatic heterocycles. The highest BCUT2D eigenvalue weighted by atomic mass is 79.9. The summed E-state index contributed by atoms with van der Waals surface area (Å²) in [6, 6.07) is 3.59. The number of halogens is 2. The Balaban J connectivity index is 2.70. The minimum absolute atomic E-state index is 0.0478. The fourth-order valence-corrected chi connectivity index (χ4v) is 2.85. The second-order valence-electron chi connectivity index (χ2n) is 4.06. The standard InChI is InChI=1S/C12H15Br2NO3/c1-7(2)15-11(17)6-18-12-9(13)3-8(5-16)4-10(12)14/h3-4,7,16H,5-6H2,1-2H3,(H,15,17). The molecule has 0 saturated carbocycles. The first-order valence-electron chi connectivity index (χ1n) is 5.45. The van der Waals surface area contributed by atoms with Crippen molar-refractivity contribution in [3.05, 3.63) is 26.6 Å². The zero-order valence-corrected chi connectivity index (χ0v) is 13.3. The van der Waals surface area contributed by atoms with Gasteiger partial charge in [0, 0.05) is 6.04 Å². The summed E-state index contributed by atoms with van der Waals surface area (Å²) in [6.45, 7) is 3.68. The molecule has 0 heterocycles. The van der Waals surface area contributed by atoms with E-state index in [0.29, 0.717) is 14.7 Å². The van der Waals surface area contributed by atoms with Crippen LogP contribution in [0.5, 0.6) is 5.75 Å². The van der Waals surface area contributed by atoms with Gasteiger partial charge in [0.05, 0.1) is 15.6 Å². The Bertz CT molecular complexity index is 412. The Labute approximate surface area is 123 Å². The summed E-state index contributed by atoms with van der Waals surface area (Å²) in [7, 11) is 0. The summed E-state index contributed by atoms with van der Waals surface area (Å²) in [6.07, 6.45) is 0. The van der Waals surface area contributed by atoms with Gasteiger partial charge in [0.25, 0.3) is 5.91 Å². The third-order valence-corrected chi connectivity index (χ3v) is 3.22. The van der Waals surface area contributed by atoms with Gasteiger partial charge in [-0.1, -0.05) is 0 Å². The number of rotatable bonds is 5. The second-order valence-corrected chi connectivity index (χ2v) is 5.77. The van der Waals surface area contributed by atoms with Gasteiger partial charge in [-0.2, -0.15) is 0 Å². The summed E-state index contributed by atoms with van der Waals surface area (Å²) in [5, 5.41) is 11.8. The number of nitrogens with one attached hydrogen (secondary N) is 1. The molecular formula is C12H15Br2NO3. The average molecular weight is 381 g/mol. The molecule has 6 heteroatoms. The van der Waals surface area contributed by atoms with Crippen LogP contribution in [0.1, 0.15) is 19.4 Å². The maximum atomic E-state index is 11.5. The zero-order valence-electron chi connectivity index (χ0n) is 10.2. The van der Waals surface area contributed by atoms with Crippen LogP contribution in [0.15, 0.2) is 21.1 Å². The lowest BCUT2D eigenvalue weighted by atomic mass is 10.2. The lowest BCUT2D eigenvalue weighted by Crippen LogP contribution is -2.34. The molecule has 4 nitrogen and oxygen atoms in total. The highest BCUT2D eigenvalue weighted by molar-refractivity contribution is 9.11. The van der Waals surface area contributed by atoms with Gasteiger partial charge in [0.15, 0.2) is 6.61 Å². The monoisotopic (exact) mass is 379 g/mol. The average Bonchev–Trinajstić information content (AvgIpc) is 2.26. The maximum Gasteiger partial charge on any atom is 0.258 e. The molecule has 0 fully saturated rings. The van der Waals surface area contributed by atoms with Crippen molar-refractivity contribution >= 4 is 37.8 Å². The van der Waals surface area contributed by atoms with Crippen molar-refractivity contribution in [2.24, 2.45) is 0 Å². The summed E-state index contributed by atoms with van der Waals surface area (Å²) in [4.78, 5) is 11.5. The van der Waals surface area contributed by atoms with E-state index in [0.717, 1.165) is 5.56 Å². The molecule has 1 rings (SSSR count). The largest absolute Gasteiger partial charge is 0.481 e. The molecule has 0 aliphatic rings. The van der Waals surface area contributed by atoms with Crippen molar-refractivity contribution in [2.45, 2.75) is 26.5 Å². The van der Waals surface area contributed by atoms with Crippen molar-refractivity contribution in [1.82, 2.24) is 5.32 Å². The number of aliphatic hydroxyl groups is 1. The van der Waals surface area contributed by atoms with Gasteiger partial charge in [0.2, 0.25) is 0 Å². The lowest BCUT2D eigenvalue weighted by molar-refractivity contribution is -0.123. The summed E-state index contributed by atoms with van der Waals surface area (Å²) in [5.74, 6) is 0.376. The van der Waals surface area contributed by atoms with Crippen molar-refractivity contribution in [3.63, 3.8) is 0 Å². The summed E-state index contributed by atoms with van der Waals surface area (Å²) < 4.78 is 6.83. The molecule has 2 N–H and O–H groups in total. The molecule has 0 spiro atoms. The van der Waals surface area contributed by atoms with E-state index >= 15 is 0 Å². The molecule has 0 radical (unpaired) electrons. The van der Waals surface area contributed by atoms with Crippen LogP contribution in [-0.2, 0) is 11.4 Å². The van der Waals surface area contributed by atoms with E-state index < -0.39 is 0 Å². The maximum absolute atomic E-state index is 11.5. The second kappa shape index (κ2) is 7.11. The third-order valence-electron chi connectivity index (χ3n) is 2.04. The Morgan fingerprint density at radius 2 is 1.94 bits per heavy atom. The van der Waals surface area contributed by atoms with E-state index in [2.05, 4.69) is 37.2 Å². The van der Waals surface area contributed by atoms with Crippen molar-refractivity contribution in [3.8, 4) is 5.75 Å². The van der Waals surface area contributed by atoms with E-state index in [1.165, 1.54) is 0 Å². The zero-order chi connectivity index (χ0) is 13.7. The van der Waals surface area contributed by atoms with Gasteiger partial charge in [-0.05, 0) is 63.4 Å². The lowest BCUT2D eigenvalue weighted by Gasteiger charge is -2.13. The first-order chi connectivity index (χ1) is 8.43. The van der Waals surface area contributed by atoms with Crippen LogP contribution in [0.2, 0.25) is 0 Å². The van der Waals surface area contributed by atoms with Crippen LogP contribution in [0, 0.1) is 0 Å². The van der Waals surface area contributed by atoms with Crippen LogP contribution in [0.3, 0.4) is 0 Å². The van der Waals surface area contributed by atoms with E-state index in [-0.39, 0.29) is 25.2 Å². The van der Waals surface area contributed by atoms with Crippen molar-refractivity contribution < 1.29 is 14.6 Å². The number of aliphatic hydroxyl groups excluding tert-OH is 1. The molecule has 1 amide bonds. The third kappa shape index (κ3) is 4.59. The Morgan fingerprint density at radius 3 is 2.39 bits per heavy atom. The van der Waals surface area contributed by atoms with E-state index in [1.807, 2.05) is 13.8 Å². The number of benzene rings is 1. The molecule has 100 valence electrons. The first kappa shape index (κ1) is 15.5. The summed E-state index contributed by atoms with van der Waals surface area (Å²) in [5.41, 5.74) is 0.757. The van der Waals surface area contributed by atoms with E-state index in [1.54, 1.807) is 12.1 Å². The molecular weight excluding hydrogens is 366 g/mol. The number of carbonyl (C=O) groups excluding carboxylic acids is 1. The molecule has 0 aliphatic carbocycles. The molecule has 0 unspecified atom stereocenters. The molecule has 0 saturated heterocycles. The van der Waals surface area contributed by atoms with E-state index in [9.17, 15) is 4.79 Å². The van der Waals surface area contributed by atoms with Crippen LogP contribution in [0.4, 0.5) is 0 Å². The van der Waals surface area contributed by atoms with Crippen molar-refractivity contribution in [2.75, 3.05) is 6.61 Å². The fraction of sp³-hybridized carbons (Fsp3) is 0.417. The van der Waals surface area contributed by atoms with Gasteiger partial charge in [-0.15, -0.1) is 0 Å². The quantitative estimate of drug-likeness (QED) is 0.825. The molecule has 1 aromatic rings. The van der Waals surface area contributed by atoms with Crippen LogP contribution < -0.4 is 10.1 Å². The number of hydrogen-bond acceptors (Lipinski definition) is 3. The number of ether oxygens (including phenoxy) is 1. The Hall–Kier alpha value is -0.590. The van der Waals surface area contributed by atoms with Crippen LogP contribution in [-0.4, -0.2) is 23.7 Å². The van der Waals surface area contributed by atoms with Crippen LogP contribution in [0.25, 0.3) is 0 Å². The highest BCUT2D eigenvalue weighted by Crippen LogP contribution is 2.34. The fourth-order valence-electron chi connectivity index (χ4n) is 1.34. The smallest absolute Gasteiger partial charge is 0.258 e. The van der Waals surface area contributed by atoms with Gasteiger partial charge in [0.1, 0.15) is 5.75 Å².